The summed E-state index contributed by atoms with van der Waals surface area (Å²) in [6.45, 7) is 3.69. The molecule has 4 heteroatoms. The second kappa shape index (κ2) is 4.70. The molecule has 17 heavy (non-hydrogen) atoms. The van der Waals surface area contributed by atoms with Crippen molar-refractivity contribution in [3.8, 4) is 0 Å². The van der Waals surface area contributed by atoms with Gasteiger partial charge in [0.2, 0.25) is 5.78 Å². The Balaban J connectivity index is 2.43. The molecule has 0 spiro atoms. The number of carbonyl (C=O) groups excluding carboxylic acids is 1. The van der Waals surface area contributed by atoms with Crippen LogP contribution in [0.5, 0.6) is 0 Å². The van der Waals surface area contributed by atoms with E-state index in [1.807, 2.05) is 13.0 Å². The highest BCUT2D eigenvalue weighted by atomic mass is 79.9. The maximum absolute atomic E-state index is 13.0. The monoisotopic (exact) mass is 312 g/mol. The fourth-order valence-corrected chi connectivity index (χ4v) is 3.08. The molecule has 0 amide bonds. The van der Waals surface area contributed by atoms with Crippen LogP contribution >= 0.6 is 27.3 Å². The number of aryl methyl sites for hydroxylation is 2. The molecule has 0 aliphatic carbocycles. The van der Waals surface area contributed by atoms with Crippen LogP contribution in [0.25, 0.3) is 0 Å². The third-order valence-corrected chi connectivity index (χ3v) is 4.65. The Kier molecular flexibility index (Phi) is 3.45. The SMILES string of the molecule is Cc1cc(F)ccc1C(=O)c1cc(Br)c(C)s1. The Bertz CT molecular complexity index is 570. The van der Waals surface area contributed by atoms with Gasteiger partial charge in [-0.1, -0.05) is 0 Å². The van der Waals surface area contributed by atoms with E-state index >= 15 is 0 Å². The van der Waals surface area contributed by atoms with E-state index in [9.17, 15) is 9.18 Å². The summed E-state index contributed by atoms with van der Waals surface area (Å²) in [6, 6.07) is 6.04. The number of rotatable bonds is 2. The van der Waals surface area contributed by atoms with Crippen molar-refractivity contribution in [3.05, 3.63) is 55.4 Å². The molecule has 88 valence electrons. The normalized spacial score (nSPS) is 10.6. The fourth-order valence-electron chi connectivity index (χ4n) is 1.59. The molecule has 0 unspecified atom stereocenters. The van der Waals surface area contributed by atoms with E-state index in [0.29, 0.717) is 16.0 Å². The largest absolute Gasteiger partial charge is 0.288 e. The first kappa shape index (κ1) is 12.5. The number of hydrogen-bond donors (Lipinski definition) is 0. The van der Waals surface area contributed by atoms with Gasteiger partial charge in [-0.2, -0.15) is 0 Å². The molecular formula is C13H10BrFOS. The molecule has 0 aliphatic heterocycles. The van der Waals surface area contributed by atoms with Crippen molar-refractivity contribution in [2.45, 2.75) is 13.8 Å². The summed E-state index contributed by atoms with van der Waals surface area (Å²) < 4.78 is 13.9. The van der Waals surface area contributed by atoms with E-state index in [2.05, 4.69) is 15.9 Å². The average Bonchev–Trinajstić information content (AvgIpc) is 2.58. The molecular weight excluding hydrogens is 303 g/mol. The molecule has 0 saturated heterocycles. The van der Waals surface area contributed by atoms with Gasteiger partial charge in [0.1, 0.15) is 5.82 Å². The summed E-state index contributed by atoms with van der Waals surface area (Å²) in [5.41, 5.74) is 1.22. The second-order valence-corrected chi connectivity index (χ2v) is 5.91. The van der Waals surface area contributed by atoms with E-state index in [1.165, 1.54) is 29.5 Å². The molecule has 0 bridgehead atoms. The van der Waals surface area contributed by atoms with Crippen molar-refractivity contribution in [1.82, 2.24) is 0 Å². The number of hydrogen-bond acceptors (Lipinski definition) is 2. The second-order valence-electron chi connectivity index (χ2n) is 3.80. The first-order valence-electron chi connectivity index (χ1n) is 5.06. The third-order valence-electron chi connectivity index (χ3n) is 2.51. The van der Waals surface area contributed by atoms with Crippen LogP contribution in [-0.4, -0.2) is 5.78 Å². The summed E-state index contributed by atoms with van der Waals surface area (Å²) >= 11 is 4.83. The van der Waals surface area contributed by atoms with E-state index in [0.717, 1.165) is 9.35 Å². The Morgan fingerprint density at radius 2 is 2.00 bits per heavy atom. The smallest absolute Gasteiger partial charge is 0.203 e. The lowest BCUT2D eigenvalue weighted by Gasteiger charge is -2.02. The van der Waals surface area contributed by atoms with Gasteiger partial charge in [0.25, 0.3) is 0 Å². The lowest BCUT2D eigenvalue weighted by molar-refractivity contribution is 0.104. The Morgan fingerprint density at radius 1 is 1.29 bits per heavy atom. The number of benzene rings is 1. The van der Waals surface area contributed by atoms with Crippen LogP contribution in [0.3, 0.4) is 0 Å². The minimum Gasteiger partial charge on any atom is -0.288 e. The molecule has 0 N–H and O–H groups in total. The van der Waals surface area contributed by atoms with Crippen LogP contribution in [0.4, 0.5) is 4.39 Å². The van der Waals surface area contributed by atoms with Crippen LogP contribution in [-0.2, 0) is 0 Å². The van der Waals surface area contributed by atoms with E-state index in [1.54, 1.807) is 6.92 Å². The van der Waals surface area contributed by atoms with Crippen molar-refractivity contribution >= 4 is 33.0 Å². The van der Waals surface area contributed by atoms with Crippen LogP contribution in [0.1, 0.15) is 25.7 Å². The van der Waals surface area contributed by atoms with Crippen LogP contribution < -0.4 is 0 Å². The zero-order valence-electron chi connectivity index (χ0n) is 9.38. The highest BCUT2D eigenvalue weighted by Crippen LogP contribution is 2.28. The minimum absolute atomic E-state index is 0.0544. The van der Waals surface area contributed by atoms with Crippen LogP contribution in [0.15, 0.2) is 28.7 Å². The number of thiophene rings is 1. The van der Waals surface area contributed by atoms with E-state index < -0.39 is 0 Å². The van der Waals surface area contributed by atoms with Crippen molar-refractivity contribution < 1.29 is 9.18 Å². The van der Waals surface area contributed by atoms with E-state index in [4.69, 9.17) is 0 Å². The predicted octanol–water partition coefficient (Wildman–Crippen LogP) is 4.50. The van der Waals surface area contributed by atoms with Gasteiger partial charge in [-0.25, -0.2) is 4.39 Å². The van der Waals surface area contributed by atoms with Gasteiger partial charge >= 0.3 is 0 Å². The number of carbonyl (C=O) groups is 1. The molecule has 1 aromatic heterocycles. The molecule has 1 heterocycles. The minimum atomic E-state index is -0.317. The van der Waals surface area contributed by atoms with Gasteiger partial charge in [-0.05, 0) is 59.6 Å². The van der Waals surface area contributed by atoms with Gasteiger partial charge in [0.05, 0.1) is 4.88 Å². The topological polar surface area (TPSA) is 17.1 Å². The highest BCUT2D eigenvalue weighted by molar-refractivity contribution is 9.10. The zero-order valence-corrected chi connectivity index (χ0v) is 11.8. The van der Waals surface area contributed by atoms with Crippen molar-refractivity contribution in [2.75, 3.05) is 0 Å². The summed E-state index contributed by atoms with van der Waals surface area (Å²) in [7, 11) is 0. The van der Waals surface area contributed by atoms with Gasteiger partial charge in [-0.15, -0.1) is 11.3 Å². The lowest BCUT2D eigenvalue weighted by atomic mass is 10.0. The summed E-state index contributed by atoms with van der Waals surface area (Å²) in [5, 5.41) is 0. The highest BCUT2D eigenvalue weighted by Gasteiger charge is 2.15. The first-order chi connectivity index (χ1) is 7.99. The molecule has 2 rings (SSSR count). The summed E-state index contributed by atoms with van der Waals surface area (Å²) in [4.78, 5) is 13.9. The molecule has 0 fully saturated rings. The first-order valence-corrected chi connectivity index (χ1v) is 6.67. The zero-order chi connectivity index (χ0) is 12.6. The lowest BCUT2D eigenvalue weighted by Crippen LogP contribution is -2.01. The fraction of sp³-hybridized carbons (Fsp3) is 0.154. The Morgan fingerprint density at radius 3 is 2.53 bits per heavy atom. The average molecular weight is 313 g/mol. The van der Waals surface area contributed by atoms with Gasteiger partial charge < -0.3 is 0 Å². The summed E-state index contributed by atoms with van der Waals surface area (Å²) in [5.74, 6) is -0.371. The van der Waals surface area contributed by atoms with Crippen LogP contribution in [0, 0.1) is 19.7 Å². The van der Waals surface area contributed by atoms with Gasteiger partial charge in [0, 0.05) is 14.9 Å². The van der Waals surface area contributed by atoms with Crippen molar-refractivity contribution in [2.24, 2.45) is 0 Å². The number of ketones is 1. The summed E-state index contributed by atoms with van der Waals surface area (Å²) in [6.07, 6.45) is 0. The van der Waals surface area contributed by atoms with Crippen molar-refractivity contribution in [3.63, 3.8) is 0 Å². The molecule has 0 radical (unpaired) electrons. The molecule has 0 saturated carbocycles. The maximum Gasteiger partial charge on any atom is 0.203 e. The predicted molar refractivity (Wildman–Crippen MR) is 71.3 cm³/mol. The van der Waals surface area contributed by atoms with Crippen molar-refractivity contribution in [1.29, 1.82) is 0 Å². The molecule has 2 aromatic rings. The number of halogens is 2. The standard InChI is InChI=1S/C13H10BrFOS/c1-7-5-9(15)3-4-10(7)13(16)12-6-11(14)8(2)17-12/h3-6H,1-2H3. The quantitative estimate of drug-likeness (QED) is 0.746. The van der Waals surface area contributed by atoms with Gasteiger partial charge in [-0.3, -0.25) is 4.79 Å². The maximum atomic E-state index is 13.0. The molecule has 0 atom stereocenters. The molecule has 1 aromatic carbocycles. The molecule has 0 aliphatic rings. The Labute approximate surface area is 111 Å². The Hall–Kier alpha value is -1.000. The van der Waals surface area contributed by atoms with Gasteiger partial charge in [0.15, 0.2) is 0 Å². The van der Waals surface area contributed by atoms with Crippen LogP contribution in [0.2, 0.25) is 0 Å². The third kappa shape index (κ3) is 2.48. The molecule has 1 nitrogen and oxygen atoms in total. The van der Waals surface area contributed by atoms with E-state index in [-0.39, 0.29) is 11.6 Å².